The van der Waals surface area contributed by atoms with Gasteiger partial charge in [0.15, 0.2) is 0 Å². The highest BCUT2D eigenvalue weighted by Crippen LogP contribution is 2.15. The Balaban J connectivity index is 2.13. The van der Waals surface area contributed by atoms with Crippen molar-refractivity contribution in [3.63, 3.8) is 0 Å². The van der Waals surface area contributed by atoms with Gasteiger partial charge < -0.3 is 15.8 Å². The number of carbonyl (C=O) groups excluding carboxylic acids is 1. The molecule has 1 unspecified atom stereocenters. The third-order valence-electron chi connectivity index (χ3n) is 2.33. The number of benzene rings is 1. The van der Waals surface area contributed by atoms with E-state index in [9.17, 15) is 4.79 Å². The number of carbonyl (C=O) groups is 1. The molecule has 0 aliphatic heterocycles. The zero-order valence-corrected chi connectivity index (χ0v) is 11.2. The fourth-order valence-corrected chi connectivity index (χ4v) is 1.45. The number of nitrogens with one attached hydrogen (secondary N) is 1. The van der Waals surface area contributed by atoms with Gasteiger partial charge in [-0.1, -0.05) is 11.6 Å². The van der Waals surface area contributed by atoms with Gasteiger partial charge in [-0.25, -0.2) is 0 Å². The molecule has 1 atom stereocenters. The van der Waals surface area contributed by atoms with Crippen LogP contribution in [0.5, 0.6) is 5.75 Å². The van der Waals surface area contributed by atoms with Crippen molar-refractivity contribution in [2.75, 3.05) is 13.2 Å². The van der Waals surface area contributed by atoms with Gasteiger partial charge in [0.25, 0.3) is 0 Å². The number of nitrogens with two attached hydrogens (primary N) is 1. The van der Waals surface area contributed by atoms with Crippen molar-refractivity contribution in [1.29, 1.82) is 0 Å². The molecule has 0 heterocycles. The van der Waals surface area contributed by atoms with E-state index < -0.39 is 0 Å². The fourth-order valence-electron chi connectivity index (χ4n) is 1.32. The van der Waals surface area contributed by atoms with Gasteiger partial charge in [-0.2, -0.15) is 0 Å². The zero-order chi connectivity index (χ0) is 13.4. The normalized spacial score (nSPS) is 11.9. The first-order valence-electron chi connectivity index (χ1n) is 5.98. The molecule has 0 aliphatic rings. The molecule has 4 nitrogen and oxygen atoms in total. The topological polar surface area (TPSA) is 64.3 Å². The van der Waals surface area contributed by atoms with E-state index in [0.717, 1.165) is 6.42 Å². The minimum atomic E-state index is -0.0235. The summed E-state index contributed by atoms with van der Waals surface area (Å²) in [5.74, 6) is 0.687. The van der Waals surface area contributed by atoms with E-state index in [4.69, 9.17) is 22.1 Å². The summed E-state index contributed by atoms with van der Waals surface area (Å²) in [5.41, 5.74) is 5.58. The zero-order valence-electron chi connectivity index (χ0n) is 10.5. The number of rotatable bonds is 7. The molecule has 100 valence electrons. The molecule has 0 saturated carbocycles. The van der Waals surface area contributed by atoms with E-state index in [0.29, 0.717) is 30.3 Å². The van der Waals surface area contributed by atoms with Gasteiger partial charge in [0, 0.05) is 17.6 Å². The lowest BCUT2D eigenvalue weighted by Gasteiger charge is -2.08. The third kappa shape index (κ3) is 6.47. The SMILES string of the molecule is CC(N)CCNC(=O)CCOc1ccc(Cl)cc1. The van der Waals surface area contributed by atoms with Crippen molar-refractivity contribution in [2.45, 2.75) is 25.8 Å². The van der Waals surface area contributed by atoms with Crippen LogP contribution in [-0.4, -0.2) is 25.1 Å². The predicted octanol–water partition coefficient (Wildman–Crippen LogP) is 1.96. The lowest BCUT2D eigenvalue weighted by atomic mass is 10.2. The number of ether oxygens (including phenoxy) is 1. The minimum absolute atomic E-state index is 0.0235. The van der Waals surface area contributed by atoms with Crippen LogP contribution >= 0.6 is 11.6 Å². The summed E-state index contributed by atoms with van der Waals surface area (Å²) >= 11 is 5.75. The van der Waals surface area contributed by atoms with E-state index >= 15 is 0 Å². The van der Waals surface area contributed by atoms with Gasteiger partial charge in [-0.05, 0) is 37.6 Å². The Morgan fingerprint density at radius 3 is 2.72 bits per heavy atom. The summed E-state index contributed by atoms with van der Waals surface area (Å²) in [6.07, 6.45) is 1.12. The highest BCUT2D eigenvalue weighted by molar-refractivity contribution is 6.30. The molecule has 0 spiro atoms. The number of amides is 1. The highest BCUT2D eigenvalue weighted by atomic mass is 35.5. The molecule has 0 saturated heterocycles. The van der Waals surface area contributed by atoms with Crippen molar-refractivity contribution in [3.8, 4) is 5.75 Å². The smallest absolute Gasteiger partial charge is 0.223 e. The number of halogens is 1. The molecule has 1 aromatic carbocycles. The molecule has 0 fully saturated rings. The Bertz CT molecular complexity index is 366. The highest BCUT2D eigenvalue weighted by Gasteiger charge is 2.02. The van der Waals surface area contributed by atoms with Crippen molar-refractivity contribution in [1.82, 2.24) is 5.32 Å². The Morgan fingerprint density at radius 2 is 2.11 bits per heavy atom. The monoisotopic (exact) mass is 270 g/mol. The second kappa shape index (κ2) is 7.95. The van der Waals surface area contributed by atoms with E-state index in [2.05, 4.69) is 5.32 Å². The van der Waals surface area contributed by atoms with Crippen LogP contribution < -0.4 is 15.8 Å². The maximum absolute atomic E-state index is 11.4. The van der Waals surface area contributed by atoms with Crippen molar-refractivity contribution >= 4 is 17.5 Å². The first-order chi connectivity index (χ1) is 8.58. The van der Waals surface area contributed by atoms with E-state index in [1.165, 1.54) is 0 Å². The largest absolute Gasteiger partial charge is 0.493 e. The Hall–Kier alpha value is -1.26. The van der Waals surface area contributed by atoms with Gasteiger partial charge >= 0.3 is 0 Å². The first-order valence-corrected chi connectivity index (χ1v) is 6.36. The van der Waals surface area contributed by atoms with E-state index in [1.54, 1.807) is 24.3 Å². The second-order valence-corrected chi connectivity index (χ2v) is 4.60. The maximum atomic E-state index is 11.4. The summed E-state index contributed by atoms with van der Waals surface area (Å²) < 4.78 is 5.41. The summed E-state index contributed by atoms with van der Waals surface area (Å²) in [6, 6.07) is 7.15. The quantitative estimate of drug-likeness (QED) is 0.796. The average molecular weight is 271 g/mol. The van der Waals surface area contributed by atoms with E-state index in [-0.39, 0.29) is 11.9 Å². The summed E-state index contributed by atoms with van der Waals surface area (Å²) in [6.45, 7) is 2.87. The third-order valence-corrected chi connectivity index (χ3v) is 2.59. The molecule has 1 aromatic rings. The minimum Gasteiger partial charge on any atom is -0.493 e. The Labute approximate surface area is 112 Å². The molecule has 5 heteroatoms. The molecule has 1 rings (SSSR count). The Morgan fingerprint density at radius 1 is 1.44 bits per heavy atom. The molecule has 0 radical (unpaired) electrons. The van der Waals surface area contributed by atoms with Crippen LogP contribution in [0.25, 0.3) is 0 Å². The van der Waals surface area contributed by atoms with Gasteiger partial charge in [0.1, 0.15) is 5.75 Å². The van der Waals surface area contributed by atoms with Crippen LogP contribution in [0, 0.1) is 0 Å². The van der Waals surface area contributed by atoms with Crippen LogP contribution in [0.4, 0.5) is 0 Å². The molecule has 3 N–H and O–H groups in total. The van der Waals surface area contributed by atoms with Gasteiger partial charge in [0.05, 0.1) is 13.0 Å². The number of hydrogen-bond acceptors (Lipinski definition) is 3. The molecule has 0 aromatic heterocycles. The fraction of sp³-hybridized carbons (Fsp3) is 0.462. The predicted molar refractivity (Wildman–Crippen MR) is 72.8 cm³/mol. The van der Waals surface area contributed by atoms with Crippen LogP contribution in [0.1, 0.15) is 19.8 Å². The maximum Gasteiger partial charge on any atom is 0.223 e. The van der Waals surface area contributed by atoms with Gasteiger partial charge in [-0.3, -0.25) is 4.79 Å². The van der Waals surface area contributed by atoms with Gasteiger partial charge in [0.2, 0.25) is 5.91 Å². The number of hydrogen-bond donors (Lipinski definition) is 2. The van der Waals surface area contributed by atoms with Crippen LogP contribution in [0.2, 0.25) is 5.02 Å². The summed E-state index contributed by atoms with van der Waals surface area (Å²) in [7, 11) is 0. The molecule has 0 bridgehead atoms. The van der Waals surface area contributed by atoms with Crippen molar-refractivity contribution in [2.24, 2.45) is 5.73 Å². The average Bonchev–Trinajstić information content (AvgIpc) is 2.31. The van der Waals surface area contributed by atoms with Gasteiger partial charge in [-0.15, -0.1) is 0 Å². The first kappa shape index (κ1) is 14.8. The molecule has 0 aliphatic carbocycles. The second-order valence-electron chi connectivity index (χ2n) is 4.17. The van der Waals surface area contributed by atoms with Crippen LogP contribution in [-0.2, 0) is 4.79 Å². The molecule has 18 heavy (non-hydrogen) atoms. The summed E-state index contributed by atoms with van der Waals surface area (Å²) in [5, 5.41) is 3.45. The standard InChI is InChI=1S/C13H19ClN2O2/c1-10(15)6-8-16-13(17)7-9-18-12-4-2-11(14)3-5-12/h2-5,10H,6-9,15H2,1H3,(H,16,17). The molecular weight excluding hydrogens is 252 g/mol. The molecule has 1 amide bonds. The van der Waals surface area contributed by atoms with Crippen molar-refractivity contribution < 1.29 is 9.53 Å². The summed E-state index contributed by atoms with van der Waals surface area (Å²) in [4.78, 5) is 11.4. The molecular formula is C13H19ClN2O2. The lowest BCUT2D eigenvalue weighted by molar-refractivity contribution is -0.121. The van der Waals surface area contributed by atoms with Crippen LogP contribution in [0.15, 0.2) is 24.3 Å². The van der Waals surface area contributed by atoms with Crippen LogP contribution in [0.3, 0.4) is 0 Å². The van der Waals surface area contributed by atoms with Crippen molar-refractivity contribution in [3.05, 3.63) is 29.3 Å². The lowest BCUT2D eigenvalue weighted by Crippen LogP contribution is -2.29. The van der Waals surface area contributed by atoms with E-state index in [1.807, 2.05) is 6.92 Å². The Kier molecular flexibility index (Phi) is 6.54.